The van der Waals surface area contributed by atoms with Gasteiger partial charge in [0.25, 0.3) is 0 Å². The predicted octanol–water partition coefficient (Wildman–Crippen LogP) is 4.36. The number of rotatable bonds is 9. The molecule has 21 heavy (non-hydrogen) atoms. The van der Waals surface area contributed by atoms with Crippen molar-refractivity contribution < 1.29 is 4.21 Å². The van der Waals surface area contributed by atoms with Gasteiger partial charge in [-0.2, -0.15) is 0 Å². The lowest BCUT2D eigenvalue weighted by Crippen LogP contribution is -2.42. The third-order valence-electron chi connectivity index (χ3n) is 4.09. The third-order valence-corrected chi connectivity index (χ3v) is 6.02. The van der Waals surface area contributed by atoms with Crippen molar-refractivity contribution in [3.05, 3.63) is 29.3 Å². The minimum atomic E-state index is -0.937. The molecule has 0 spiro atoms. The summed E-state index contributed by atoms with van der Waals surface area (Å²) in [7, 11) is -0.937. The molecule has 2 nitrogen and oxygen atoms in total. The van der Waals surface area contributed by atoms with Gasteiger partial charge in [-0.25, -0.2) is 0 Å². The van der Waals surface area contributed by atoms with E-state index in [-0.39, 0.29) is 5.25 Å². The molecule has 0 radical (unpaired) electrons. The third kappa shape index (κ3) is 5.23. The molecule has 0 amide bonds. The molecule has 0 aromatic heterocycles. The Hall–Kier alpha value is -0.670. The van der Waals surface area contributed by atoms with Gasteiger partial charge in [0.1, 0.15) is 0 Å². The van der Waals surface area contributed by atoms with E-state index >= 15 is 0 Å². The zero-order valence-electron chi connectivity index (χ0n) is 14.2. The molecule has 1 aromatic rings. The van der Waals surface area contributed by atoms with Gasteiger partial charge < -0.3 is 5.32 Å². The van der Waals surface area contributed by atoms with E-state index in [1.165, 1.54) is 11.1 Å². The SMILES string of the molecule is CCCNC(CCC)C(CC)S(=O)c1ccc(C)c(C)c1. The average Bonchev–Trinajstić information content (AvgIpc) is 2.48. The number of benzene rings is 1. The van der Waals surface area contributed by atoms with E-state index < -0.39 is 10.8 Å². The van der Waals surface area contributed by atoms with E-state index in [0.29, 0.717) is 6.04 Å². The maximum atomic E-state index is 13.0. The van der Waals surface area contributed by atoms with Gasteiger partial charge in [0.05, 0.1) is 16.0 Å². The minimum absolute atomic E-state index is 0.193. The molecule has 0 aliphatic carbocycles. The lowest BCUT2D eigenvalue weighted by atomic mass is 10.1. The molecule has 0 bridgehead atoms. The molecule has 1 aromatic carbocycles. The summed E-state index contributed by atoms with van der Waals surface area (Å²) in [6.07, 6.45) is 4.28. The van der Waals surface area contributed by atoms with E-state index in [9.17, 15) is 4.21 Å². The van der Waals surface area contributed by atoms with Crippen LogP contribution in [0.15, 0.2) is 23.1 Å². The van der Waals surface area contributed by atoms with Crippen LogP contribution in [-0.2, 0) is 10.8 Å². The molecule has 3 unspecified atom stereocenters. The smallest absolute Gasteiger partial charge is 0.0576 e. The van der Waals surface area contributed by atoms with Gasteiger partial charge in [-0.15, -0.1) is 0 Å². The topological polar surface area (TPSA) is 29.1 Å². The summed E-state index contributed by atoms with van der Waals surface area (Å²) in [4.78, 5) is 0.976. The van der Waals surface area contributed by atoms with Crippen molar-refractivity contribution >= 4 is 10.8 Å². The van der Waals surface area contributed by atoms with Gasteiger partial charge in [0, 0.05) is 10.9 Å². The highest BCUT2D eigenvalue weighted by Crippen LogP contribution is 2.21. The van der Waals surface area contributed by atoms with Gasteiger partial charge in [0.2, 0.25) is 0 Å². The molecule has 3 atom stereocenters. The molecular weight excluding hydrogens is 278 g/mol. The summed E-state index contributed by atoms with van der Waals surface area (Å²) in [5, 5.41) is 3.80. The summed E-state index contributed by atoms with van der Waals surface area (Å²) in [6, 6.07) is 6.56. The van der Waals surface area contributed by atoms with Crippen molar-refractivity contribution in [3.63, 3.8) is 0 Å². The lowest BCUT2D eigenvalue weighted by molar-refractivity contribution is 0.447. The highest BCUT2D eigenvalue weighted by Gasteiger charge is 2.25. The van der Waals surface area contributed by atoms with Gasteiger partial charge in [-0.05, 0) is 62.9 Å². The average molecular weight is 310 g/mol. The summed E-state index contributed by atoms with van der Waals surface area (Å²) < 4.78 is 13.0. The zero-order chi connectivity index (χ0) is 15.8. The normalized spacial score (nSPS) is 15.7. The van der Waals surface area contributed by atoms with Gasteiger partial charge in [-0.3, -0.25) is 4.21 Å². The molecule has 0 saturated heterocycles. The van der Waals surface area contributed by atoms with E-state index in [1.807, 2.05) is 6.07 Å². The van der Waals surface area contributed by atoms with E-state index in [4.69, 9.17) is 0 Å². The van der Waals surface area contributed by atoms with Crippen molar-refractivity contribution in [1.82, 2.24) is 5.32 Å². The summed E-state index contributed by atoms with van der Waals surface area (Å²) in [5.41, 5.74) is 2.49. The summed E-state index contributed by atoms with van der Waals surface area (Å²) >= 11 is 0. The van der Waals surface area contributed by atoms with Crippen LogP contribution in [0.5, 0.6) is 0 Å². The molecule has 0 heterocycles. The lowest BCUT2D eigenvalue weighted by Gasteiger charge is -2.27. The van der Waals surface area contributed by atoms with Crippen molar-refractivity contribution in [2.75, 3.05) is 6.54 Å². The molecule has 0 fully saturated rings. The molecular formula is C18H31NOS. The Bertz CT molecular complexity index is 459. The van der Waals surface area contributed by atoms with Gasteiger partial charge >= 0.3 is 0 Å². The Balaban J connectivity index is 2.93. The molecule has 0 aliphatic rings. The van der Waals surface area contributed by atoms with Crippen LogP contribution in [0.3, 0.4) is 0 Å². The Morgan fingerprint density at radius 3 is 2.33 bits per heavy atom. The zero-order valence-corrected chi connectivity index (χ0v) is 15.1. The van der Waals surface area contributed by atoms with Crippen molar-refractivity contribution in [2.24, 2.45) is 0 Å². The van der Waals surface area contributed by atoms with Gasteiger partial charge in [-0.1, -0.05) is 33.3 Å². The highest BCUT2D eigenvalue weighted by molar-refractivity contribution is 7.85. The number of aryl methyl sites for hydroxylation is 2. The quantitative estimate of drug-likeness (QED) is 0.734. The van der Waals surface area contributed by atoms with E-state index in [2.05, 4.69) is 52.1 Å². The number of nitrogens with one attached hydrogen (secondary N) is 1. The summed E-state index contributed by atoms with van der Waals surface area (Å²) in [6.45, 7) is 11.7. The Morgan fingerprint density at radius 2 is 1.81 bits per heavy atom. The van der Waals surface area contributed by atoms with E-state index in [0.717, 1.165) is 37.1 Å². The van der Waals surface area contributed by atoms with Crippen molar-refractivity contribution in [1.29, 1.82) is 0 Å². The second-order valence-electron chi connectivity index (χ2n) is 5.84. The molecule has 120 valence electrons. The van der Waals surface area contributed by atoms with Crippen molar-refractivity contribution in [2.45, 2.75) is 76.5 Å². The Labute approximate surface area is 133 Å². The first-order chi connectivity index (χ1) is 10.0. The minimum Gasteiger partial charge on any atom is -0.313 e. The van der Waals surface area contributed by atoms with Crippen LogP contribution in [0.2, 0.25) is 0 Å². The summed E-state index contributed by atoms with van der Waals surface area (Å²) in [5.74, 6) is 0. The first kappa shape index (κ1) is 18.4. The predicted molar refractivity (Wildman–Crippen MR) is 93.4 cm³/mol. The van der Waals surface area contributed by atoms with Crippen LogP contribution in [0.4, 0.5) is 0 Å². The van der Waals surface area contributed by atoms with Gasteiger partial charge in [0.15, 0.2) is 0 Å². The molecule has 0 saturated carbocycles. The maximum absolute atomic E-state index is 13.0. The van der Waals surface area contributed by atoms with E-state index in [1.54, 1.807) is 0 Å². The molecule has 0 aliphatic heterocycles. The fraction of sp³-hybridized carbons (Fsp3) is 0.667. The molecule has 1 N–H and O–H groups in total. The maximum Gasteiger partial charge on any atom is 0.0576 e. The largest absolute Gasteiger partial charge is 0.313 e. The first-order valence-corrected chi connectivity index (χ1v) is 9.47. The van der Waals surface area contributed by atoms with Crippen LogP contribution in [0.25, 0.3) is 0 Å². The van der Waals surface area contributed by atoms with Crippen LogP contribution in [0.1, 0.15) is 57.6 Å². The first-order valence-electron chi connectivity index (χ1n) is 8.26. The van der Waals surface area contributed by atoms with Crippen LogP contribution in [-0.4, -0.2) is 22.0 Å². The van der Waals surface area contributed by atoms with Crippen LogP contribution < -0.4 is 5.32 Å². The number of hydrogen-bond acceptors (Lipinski definition) is 2. The standard InChI is InChI=1S/C18H31NOS/c1-6-9-17(19-12-7-2)18(8-3)21(20)16-11-10-14(4)15(5)13-16/h10-11,13,17-19H,6-9,12H2,1-5H3. The highest BCUT2D eigenvalue weighted by atomic mass is 32.2. The second-order valence-corrected chi connectivity index (χ2v) is 7.51. The van der Waals surface area contributed by atoms with Crippen LogP contribution in [0, 0.1) is 13.8 Å². The number of hydrogen-bond donors (Lipinski definition) is 1. The molecule has 1 rings (SSSR count). The second kappa shape index (κ2) is 9.37. The Kier molecular flexibility index (Phi) is 8.20. The fourth-order valence-electron chi connectivity index (χ4n) is 2.66. The Morgan fingerprint density at radius 1 is 1.10 bits per heavy atom. The van der Waals surface area contributed by atoms with Crippen molar-refractivity contribution in [3.8, 4) is 0 Å². The fourth-order valence-corrected chi connectivity index (χ4v) is 4.34. The van der Waals surface area contributed by atoms with Crippen LogP contribution >= 0.6 is 0 Å². The monoisotopic (exact) mass is 309 g/mol. The molecule has 3 heteroatoms.